The van der Waals surface area contributed by atoms with Crippen LogP contribution in [-0.4, -0.2) is 10.9 Å². The van der Waals surface area contributed by atoms with Gasteiger partial charge in [-0.25, -0.2) is 0 Å². The van der Waals surface area contributed by atoms with Gasteiger partial charge in [-0.15, -0.1) is 0 Å². The molecule has 0 aliphatic rings. The van der Waals surface area contributed by atoms with E-state index in [1.54, 1.807) is 5.38 Å². The molecule has 1 atom stereocenters. The van der Waals surface area contributed by atoms with E-state index in [0.717, 1.165) is 29.0 Å². The minimum atomic E-state index is -0.203. The summed E-state index contributed by atoms with van der Waals surface area (Å²) in [5, 5.41) is 4.56. The molecule has 0 aliphatic carbocycles. The second-order valence-electron chi connectivity index (χ2n) is 4.71. The van der Waals surface area contributed by atoms with Gasteiger partial charge in [0, 0.05) is 11.1 Å². The molecule has 0 saturated heterocycles. The predicted octanol–water partition coefficient (Wildman–Crippen LogP) is 2.42. The van der Waals surface area contributed by atoms with E-state index in [2.05, 4.69) is 29.4 Å². The minimum absolute atomic E-state index is 0.0405. The van der Waals surface area contributed by atoms with Crippen LogP contribution in [0.3, 0.4) is 0 Å². The summed E-state index contributed by atoms with van der Waals surface area (Å²) in [7, 11) is 0. The Bertz CT molecular complexity index is 628. The smallest absolute Gasteiger partial charge is 0.304 e. The van der Waals surface area contributed by atoms with Gasteiger partial charge < -0.3 is 10.3 Å². The number of carbonyl (C=O) groups is 1. The molecule has 0 spiro atoms. The van der Waals surface area contributed by atoms with E-state index in [1.807, 2.05) is 19.1 Å². The largest absolute Gasteiger partial charge is 0.350 e. The molecule has 0 radical (unpaired) electrons. The number of hydrogen-bond acceptors (Lipinski definition) is 3. The number of aromatic amines is 1. The van der Waals surface area contributed by atoms with E-state index in [0.29, 0.717) is 6.54 Å². The summed E-state index contributed by atoms with van der Waals surface area (Å²) in [4.78, 5) is 25.7. The van der Waals surface area contributed by atoms with Crippen LogP contribution in [0, 0.1) is 0 Å². The summed E-state index contributed by atoms with van der Waals surface area (Å²) in [6, 6.07) is 8.09. The third-order valence-corrected chi connectivity index (χ3v) is 4.02. The molecule has 1 amide bonds. The van der Waals surface area contributed by atoms with Crippen molar-refractivity contribution >= 4 is 17.2 Å². The maximum absolute atomic E-state index is 12.1. The first-order chi connectivity index (χ1) is 9.60. The standard InChI is InChI=1S/C15H18N2O2S/c1-3-11-4-6-12(7-5-11)10(2)14(18)16-8-13-9-20-15(19)17-13/h4-7,9-10H,3,8H2,1-2H3,(H,16,18)(H,17,19)/t10-/m0/s1. The minimum Gasteiger partial charge on any atom is -0.350 e. The molecule has 0 saturated carbocycles. The Morgan fingerprint density at radius 3 is 2.60 bits per heavy atom. The van der Waals surface area contributed by atoms with E-state index < -0.39 is 0 Å². The summed E-state index contributed by atoms with van der Waals surface area (Å²) >= 11 is 1.10. The van der Waals surface area contributed by atoms with E-state index in [1.165, 1.54) is 5.56 Å². The molecule has 2 aromatic rings. The molecule has 1 aromatic carbocycles. The number of H-pyrrole nitrogens is 1. The summed E-state index contributed by atoms with van der Waals surface area (Å²) in [5.74, 6) is -0.243. The van der Waals surface area contributed by atoms with Crippen molar-refractivity contribution in [3.05, 3.63) is 56.1 Å². The molecule has 20 heavy (non-hydrogen) atoms. The normalized spacial score (nSPS) is 12.1. The fourth-order valence-electron chi connectivity index (χ4n) is 1.93. The summed E-state index contributed by atoms with van der Waals surface area (Å²) < 4.78 is 0. The number of amides is 1. The molecule has 0 fully saturated rings. The Labute approximate surface area is 121 Å². The van der Waals surface area contributed by atoms with Gasteiger partial charge >= 0.3 is 4.87 Å². The fraction of sp³-hybridized carbons (Fsp3) is 0.333. The maximum Gasteiger partial charge on any atom is 0.304 e. The van der Waals surface area contributed by atoms with Crippen molar-refractivity contribution in [1.82, 2.24) is 10.3 Å². The van der Waals surface area contributed by atoms with Crippen molar-refractivity contribution in [1.29, 1.82) is 0 Å². The van der Waals surface area contributed by atoms with Crippen molar-refractivity contribution < 1.29 is 4.79 Å². The van der Waals surface area contributed by atoms with Crippen LogP contribution in [0.15, 0.2) is 34.4 Å². The van der Waals surface area contributed by atoms with Crippen LogP contribution >= 0.6 is 11.3 Å². The molecule has 0 unspecified atom stereocenters. The third-order valence-electron chi connectivity index (χ3n) is 3.31. The van der Waals surface area contributed by atoms with Crippen LogP contribution in [0.1, 0.15) is 36.6 Å². The summed E-state index contributed by atoms with van der Waals surface area (Å²) in [6.45, 7) is 4.34. The highest BCUT2D eigenvalue weighted by Gasteiger charge is 2.14. The van der Waals surface area contributed by atoms with Gasteiger partial charge in [0.15, 0.2) is 0 Å². The van der Waals surface area contributed by atoms with Gasteiger partial charge in [0.25, 0.3) is 0 Å². The molecule has 1 aromatic heterocycles. The van der Waals surface area contributed by atoms with Gasteiger partial charge in [-0.05, 0) is 24.5 Å². The van der Waals surface area contributed by atoms with Gasteiger partial charge in [0.1, 0.15) is 0 Å². The highest BCUT2D eigenvalue weighted by molar-refractivity contribution is 7.07. The Balaban J connectivity index is 1.95. The van der Waals surface area contributed by atoms with E-state index in [9.17, 15) is 9.59 Å². The van der Waals surface area contributed by atoms with Gasteiger partial charge in [-0.2, -0.15) is 0 Å². The van der Waals surface area contributed by atoms with Crippen LogP contribution < -0.4 is 10.2 Å². The maximum atomic E-state index is 12.1. The first-order valence-corrected chi connectivity index (χ1v) is 7.51. The fourth-order valence-corrected chi connectivity index (χ4v) is 2.51. The Kier molecular flexibility index (Phi) is 4.74. The van der Waals surface area contributed by atoms with Crippen molar-refractivity contribution in [2.45, 2.75) is 32.7 Å². The zero-order valence-corrected chi connectivity index (χ0v) is 12.4. The summed E-state index contributed by atoms with van der Waals surface area (Å²) in [6.07, 6.45) is 0.992. The predicted molar refractivity (Wildman–Crippen MR) is 81.0 cm³/mol. The van der Waals surface area contributed by atoms with Crippen molar-refractivity contribution in [3.8, 4) is 0 Å². The second kappa shape index (κ2) is 6.52. The lowest BCUT2D eigenvalue weighted by atomic mass is 9.98. The number of carbonyl (C=O) groups excluding carboxylic acids is 1. The van der Waals surface area contributed by atoms with Crippen LogP contribution in [0.4, 0.5) is 0 Å². The first-order valence-electron chi connectivity index (χ1n) is 6.63. The number of hydrogen-bond donors (Lipinski definition) is 2. The molecule has 106 valence electrons. The molecule has 5 heteroatoms. The van der Waals surface area contributed by atoms with Crippen molar-refractivity contribution in [2.75, 3.05) is 0 Å². The molecule has 0 bridgehead atoms. The zero-order chi connectivity index (χ0) is 14.5. The summed E-state index contributed by atoms with van der Waals surface area (Å²) in [5.41, 5.74) is 3.00. The van der Waals surface area contributed by atoms with Gasteiger partial charge in [0.05, 0.1) is 12.5 Å². The average molecular weight is 290 g/mol. The first kappa shape index (κ1) is 14.5. The number of thiazole rings is 1. The van der Waals surface area contributed by atoms with Gasteiger partial charge in [0.2, 0.25) is 5.91 Å². The number of aromatic nitrogens is 1. The Morgan fingerprint density at radius 1 is 1.35 bits per heavy atom. The molecule has 4 nitrogen and oxygen atoms in total. The van der Waals surface area contributed by atoms with Crippen LogP contribution in [0.2, 0.25) is 0 Å². The van der Waals surface area contributed by atoms with E-state index in [-0.39, 0.29) is 16.7 Å². The quantitative estimate of drug-likeness (QED) is 0.888. The molecule has 2 N–H and O–H groups in total. The molecular formula is C15H18N2O2S. The number of rotatable bonds is 5. The number of aryl methyl sites for hydroxylation is 1. The lowest BCUT2D eigenvalue weighted by molar-refractivity contribution is -0.122. The topological polar surface area (TPSA) is 62.0 Å². The third kappa shape index (κ3) is 3.57. The Hall–Kier alpha value is -1.88. The lowest BCUT2D eigenvalue weighted by Crippen LogP contribution is -2.27. The molecule has 2 rings (SSSR count). The molecule has 0 aliphatic heterocycles. The number of benzene rings is 1. The number of nitrogens with one attached hydrogen (secondary N) is 2. The van der Waals surface area contributed by atoms with E-state index >= 15 is 0 Å². The van der Waals surface area contributed by atoms with Crippen molar-refractivity contribution in [3.63, 3.8) is 0 Å². The molecular weight excluding hydrogens is 272 g/mol. The second-order valence-corrected chi connectivity index (χ2v) is 5.55. The van der Waals surface area contributed by atoms with E-state index in [4.69, 9.17) is 0 Å². The SMILES string of the molecule is CCc1ccc([C@H](C)C(=O)NCc2csc(=O)[nH]2)cc1. The Morgan fingerprint density at radius 2 is 2.05 bits per heavy atom. The van der Waals surface area contributed by atoms with Crippen LogP contribution in [0.25, 0.3) is 0 Å². The van der Waals surface area contributed by atoms with Crippen LogP contribution in [-0.2, 0) is 17.8 Å². The highest BCUT2D eigenvalue weighted by atomic mass is 32.1. The highest BCUT2D eigenvalue weighted by Crippen LogP contribution is 2.16. The lowest BCUT2D eigenvalue weighted by Gasteiger charge is -2.12. The van der Waals surface area contributed by atoms with Gasteiger partial charge in [-0.3, -0.25) is 9.59 Å². The van der Waals surface area contributed by atoms with Gasteiger partial charge in [-0.1, -0.05) is 42.5 Å². The van der Waals surface area contributed by atoms with Crippen LogP contribution in [0.5, 0.6) is 0 Å². The van der Waals surface area contributed by atoms with Crippen molar-refractivity contribution in [2.24, 2.45) is 0 Å². The average Bonchev–Trinajstić information content (AvgIpc) is 2.89. The monoisotopic (exact) mass is 290 g/mol. The zero-order valence-electron chi connectivity index (χ0n) is 11.6. The molecule has 1 heterocycles.